The minimum absolute atomic E-state index is 0.640. The van der Waals surface area contributed by atoms with Crippen molar-refractivity contribution in [2.75, 3.05) is 5.73 Å². The van der Waals surface area contributed by atoms with Crippen LogP contribution in [0.1, 0.15) is 16.7 Å². The molecular weight excluding hydrogens is 260 g/mol. The molecule has 1 aromatic heterocycles. The predicted octanol–water partition coefficient (Wildman–Crippen LogP) is 4.53. The number of anilines is 1. The number of pyridine rings is 1. The minimum atomic E-state index is 0.640. The van der Waals surface area contributed by atoms with Gasteiger partial charge < -0.3 is 10.5 Å². The van der Waals surface area contributed by atoms with Crippen molar-refractivity contribution < 1.29 is 4.74 Å². The Morgan fingerprint density at radius 2 is 1.67 bits per heavy atom. The lowest BCUT2D eigenvalue weighted by molar-refractivity contribution is 0.457. The number of ether oxygens (including phenoxy) is 1. The highest BCUT2D eigenvalue weighted by Crippen LogP contribution is 2.30. The smallest absolute Gasteiger partial charge is 0.222 e. The summed E-state index contributed by atoms with van der Waals surface area (Å²) in [6, 6.07) is 14.0. The topological polar surface area (TPSA) is 48.1 Å². The molecule has 0 radical (unpaired) electrons. The van der Waals surface area contributed by atoms with Crippen molar-refractivity contribution in [3.05, 3.63) is 59.2 Å². The van der Waals surface area contributed by atoms with E-state index >= 15 is 0 Å². The summed E-state index contributed by atoms with van der Waals surface area (Å²) in [7, 11) is 0. The zero-order valence-electron chi connectivity index (χ0n) is 12.5. The van der Waals surface area contributed by atoms with Crippen molar-refractivity contribution in [2.24, 2.45) is 0 Å². The Morgan fingerprint density at radius 1 is 0.905 bits per heavy atom. The van der Waals surface area contributed by atoms with Gasteiger partial charge >= 0.3 is 0 Å². The fraction of sp³-hybridized carbons (Fsp3) is 0.167. The number of nitrogen functional groups attached to an aromatic ring is 1. The summed E-state index contributed by atoms with van der Waals surface area (Å²) in [5, 5.41) is 1.12. The molecule has 0 atom stereocenters. The van der Waals surface area contributed by atoms with Gasteiger partial charge in [-0.15, -0.1) is 0 Å². The monoisotopic (exact) mass is 278 g/mol. The van der Waals surface area contributed by atoms with Crippen LogP contribution in [0.3, 0.4) is 0 Å². The van der Waals surface area contributed by atoms with Crippen LogP contribution in [-0.2, 0) is 0 Å². The van der Waals surface area contributed by atoms with Crippen LogP contribution in [0.25, 0.3) is 10.9 Å². The van der Waals surface area contributed by atoms with Crippen LogP contribution in [0.4, 0.5) is 5.69 Å². The Balaban J connectivity index is 2.05. The van der Waals surface area contributed by atoms with Gasteiger partial charge in [0.1, 0.15) is 5.75 Å². The number of rotatable bonds is 2. The van der Waals surface area contributed by atoms with Crippen LogP contribution in [-0.4, -0.2) is 4.98 Å². The van der Waals surface area contributed by atoms with Crippen LogP contribution in [0.5, 0.6) is 11.6 Å². The molecule has 0 aliphatic rings. The molecule has 2 N–H and O–H groups in total. The quantitative estimate of drug-likeness (QED) is 0.700. The molecule has 21 heavy (non-hydrogen) atoms. The van der Waals surface area contributed by atoms with Crippen molar-refractivity contribution in [3.8, 4) is 11.6 Å². The average Bonchev–Trinajstić information content (AvgIpc) is 2.45. The van der Waals surface area contributed by atoms with E-state index in [0.29, 0.717) is 5.88 Å². The van der Waals surface area contributed by atoms with Crippen LogP contribution in [0.2, 0.25) is 0 Å². The number of hydrogen-bond acceptors (Lipinski definition) is 3. The summed E-state index contributed by atoms with van der Waals surface area (Å²) in [6.45, 7) is 5.97. The van der Waals surface area contributed by atoms with Crippen LogP contribution in [0, 0.1) is 20.8 Å². The first-order valence-corrected chi connectivity index (χ1v) is 6.95. The fourth-order valence-corrected chi connectivity index (χ4v) is 2.33. The van der Waals surface area contributed by atoms with E-state index in [1.54, 1.807) is 0 Å². The molecule has 2 aromatic carbocycles. The number of aryl methyl sites for hydroxylation is 3. The number of nitrogens with two attached hydrogens (primary N) is 1. The molecule has 0 aliphatic heterocycles. The Hall–Kier alpha value is -2.55. The second-order valence-corrected chi connectivity index (χ2v) is 5.38. The van der Waals surface area contributed by atoms with Crippen molar-refractivity contribution in [1.29, 1.82) is 0 Å². The first-order valence-electron chi connectivity index (χ1n) is 6.95. The highest BCUT2D eigenvalue weighted by Gasteiger charge is 2.09. The van der Waals surface area contributed by atoms with Crippen molar-refractivity contribution >= 4 is 16.6 Å². The first-order chi connectivity index (χ1) is 10.0. The van der Waals surface area contributed by atoms with Crippen molar-refractivity contribution in [3.63, 3.8) is 0 Å². The van der Waals surface area contributed by atoms with E-state index in [2.05, 4.69) is 17.1 Å². The maximum absolute atomic E-state index is 6.02. The second kappa shape index (κ2) is 5.09. The van der Waals surface area contributed by atoms with E-state index in [1.165, 1.54) is 0 Å². The predicted molar refractivity (Wildman–Crippen MR) is 86.9 cm³/mol. The van der Waals surface area contributed by atoms with Crippen LogP contribution in [0.15, 0.2) is 42.5 Å². The zero-order chi connectivity index (χ0) is 15.0. The molecular formula is C18H18N2O. The SMILES string of the molecule is Cc1cc(Oc2nc3ccccc3cc2C)c(C)cc1N. The second-order valence-electron chi connectivity index (χ2n) is 5.38. The molecule has 0 saturated carbocycles. The maximum Gasteiger partial charge on any atom is 0.222 e. The number of benzene rings is 2. The Morgan fingerprint density at radius 3 is 2.48 bits per heavy atom. The summed E-state index contributed by atoms with van der Waals surface area (Å²) in [5.74, 6) is 1.44. The fourth-order valence-electron chi connectivity index (χ4n) is 2.33. The Bertz CT molecular complexity index is 825. The summed E-state index contributed by atoms with van der Waals surface area (Å²) in [6.07, 6.45) is 0. The number of fused-ring (bicyclic) bond motifs is 1. The minimum Gasteiger partial charge on any atom is -0.438 e. The molecule has 0 aliphatic carbocycles. The highest BCUT2D eigenvalue weighted by atomic mass is 16.5. The third kappa shape index (κ3) is 2.55. The standard InChI is InChI=1S/C18H18N2O/c1-11-10-17(12(2)9-15(11)19)21-18-13(3)8-14-6-4-5-7-16(14)20-18/h4-10H,19H2,1-3H3. The summed E-state index contributed by atoms with van der Waals surface area (Å²) < 4.78 is 6.02. The van der Waals surface area contributed by atoms with E-state index in [4.69, 9.17) is 10.5 Å². The first kappa shape index (κ1) is 13.4. The lowest BCUT2D eigenvalue weighted by Gasteiger charge is -2.13. The number of aromatic nitrogens is 1. The van der Waals surface area contributed by atoms with E-state index in [-0.39, 0.29) is 0 Å². The summed E-state index contributed by atoms with van der Waals surface area (Å²) in [4.78, 5) is 4.61. The van der Waals surface area contributed by atoms with Crippen molar-refractivity contribution in [2.45, 2.75) is 20.8 Å². The molecule has 1 heterocycles. The molecule has 0 spiro atoms. The lowest BCUT2D eigenvalue weighted by atomic mass is 10.1. The van der Waals surface area contributed by atoms with E-state index < -0.39 is 0 Å². The van der Waals surface area contributed by atoms with Crippen LogP contribution >= 0.6 is 0 Å². The largest absolute Gasteiger partial charge is 0.438 e. The molecule has 0 amide bonds. The van der Waals surface area contributed by atoms with Gasteiger partial charge in [0.05, 0.1) is 5.52 Å². The van der Waals surface area contributed by atoms with Gasteiger partial charge in [-0.1, -0.05) is 18.2 Å². The van der Waals surface area contributed by atoms with E-state index in [0.717, 1.165) is 39.0 Å². The third-order valence-electron chi connectivity index (χ3n) is 3.64. The lowest BCUT2D eigenvalue weighted by Crippen LogP contribution is -1.97. The van der Waals surface area contributed by atoms with Crippen molar-refractivity contribution in [1.82, 2.24) is 4.98 Å². The summed E-state index contributed by atoms with van der Waals surface area (Å²) >= 11 is 0. The van der Waals surface area contributed by atoms with Crippen LogP contribution < -0.4 is 10.5 Å². The Kier molecular flexibility index (Phi) is 3.26. The third-order valence-corrected chi connectivity index (χ3v) is 3.64. The van der Waals surface area contributed by atoms with Gasteiger partial charge in [-0.2, -0.15) is 0 Å². The normalized spacial score (nSPS) is 10.8. The average molecular weight is 278 g/mol. The Labute approximate surface area is 124 Å². The number of para-hydroxylation sites is 1. The maximum atomic E-state index is 6.02. The van der Waals surface area contributed by atoms with Gasteiger partial charge in [0.15, 0.2) is 0 Å². The van der Waals surface area contributed by atoms with Gasteiger partial charge in [-0.3, -0.25) is 0 Å². The molecule has 3 aromatic rings. The molecule has 3 nitrogen and oxygen atoms in total. The molecule has 106 valence electrons. The molecule has 0 unspecified atom stereocenters. The molecule has 0 fully saturated rings. The molecule has 3 rings (SSSR count). The number of hydrogen-bond donors (Lipinski definition) is 1. The number of nitrogens with zero attached hydrogens (tertiary/aromatic N) is 1. The zero-order valence-corrected chi connectivity index (χ0v) is 12.5. The molecule has 0 saturated heterocycles. The van der Waals surface area contributed by atoms with Gasteiger partial charge in [-0.05, 0) is 56.2 Å². The van der Waals surface area contributed by atoms with Gasteiger partial charge in [-0.25, -0.2) is 4.98 Å². The highest BCUT2D eigenvalue weighted by molar-refractivity contribution is 5.80. The summed E-state index contributed by atoms with van der Waals surface area (Å²) in [5.41, 5.74) is 10.7. The molecule has 3 heteroatoms. The van der Waals surface area contributed by atoms with Gasteiger partial charge in [0.2, 0.25) is 5.88 Å². The van der Waals surface area contributed by atoms with E-state index in [9.17, 15) is 0 Å². The van der Waals surface area contributed by atoms with E-state index in [1.807, 2.05) is 51.1 Å². The molecule has 0 bridgehead atoms. The van der Waals surface area contributed by atoms with Gasteiger partial charge in [0, 0.05) is 16.6 Å². The van der Waals surface area contributed by atoms with Gasteiger partial charge in [0.25, 0.3) is 0 Å².